The van der Waals surface area contributed by atoms with Crippen LogP contribution in [0.1, 0.15) is 21.5 Å². The molecule has 0 bridgehead atoms. The molecule has 0 aliphatic rings. The van der Waals surface area contributed by atoms with Crippen molar-refractivity contribution in [1.29, 1.82) is 0 Å². The highest BCUT2D eigenvalue weighted by molar-refractivity contribution is 6.30. The van der Waals surface area contributed by atoms with Crippen LogP contribution in [0.5, 0.6) is 11.5 Å². The standard InChI is InChI=1S/C25H19ClO4/c1-29-24-17-19(7-14-22(27)20-10-12-21(26)13-11-20)8-15-23(24)30-25(28)16-9-18-5-3-2-4-6-18/h2-17H,1H3/b14-7+,16-9+. The Morgan fingerprint density at radius 3 is 2.20 bits per heavy atom. The molecule has 0 N–H and O–H groups in total. The van der Waals surface area contributed by atoms with Gasteiger partial charge in [0.15, 0.2) is 17.3 Å². The van der Waals surface area contributed by atoms with Crippen molar-refractivity contribution in [3.05, 3.63) is 107 Å². The summed E-state index contributed by atoms with van der Waals surface area (Å²) in [4.78, 5) is 24.3. The van der Waals surface area contributed by atoms with Crippen molar-refractivity contribution in [2.24, 2.45) is 0 Å². The van der Waals surface area contributed by atoms with Gasteiger partial charge in [-0.1, -0.05) is 54.1 Å². The molecule has 4 nitrogen and oxygen atoms in total. The van der Waals surface area contributed by atoms with Gasteiger partial charge in [0, 0.05) is 16.7 Å². The fourth-order valence-corrected chi connectivity index (χ4v) is 2.75. The Morgan fingerprint density at radius 1 is 0.800 bits per heavy atom. The first kappa shape index (κ1) is 21.1. The van der Waals surface area contributed by atoms with Crippen LogP contribution in [0, 0.1) is 0 Å². The van der Waals surface area contributed by atoms with Crippen LogP contribution in [0.4, 0.5) is 0 Å². The van der Waals surface area contributed by atoms with E-state index in [-0.39, 0.29) is 5.78 Å². The molecule has 0 saturated carbocycles. The predicted molar refractivity (Wildman–Crippen MR) is 119 cm³/mol. The minimum Gasteiger partial charge on any atom is -0.493 e. The molecule has 0 heterocycles. The van der Waals surface area contributed by atoms with Gasteiger partial charge in [-0.3, -0.25) is 4.79 Å². The highest BCUT2D eigenvalue weighted by Crippen LogP contribution is 2.29. The average Bonchev–Trinajstić information content (AvgIpc) is 2.78. The van der Waals surface area contributed by atoms with E-state index >= 15 is 0 Å². The van der Waals surface area contributed by atoms with Crippen LogP contribution in [-0.4, -0.2) is 18.9 Å². The summed E-state index contributed by atoms with van der Waals surface area (Å²) in [5.74, 6) is 0.0180. The lowest BCUT2D eigenvalue weighted by atomic mass is 10.1. The number of ether oxygens (including phenoxy) is 2. The second-order valence-corrected chi connectivity index (χ2v) is 6.72. The Labute approximate surface area is 180 Å². The van der Waals surface area contributed by atoms with E-state index in [2.05, 4.69) is 0 Å². The van der Waals surface area contributed by atoms with Gasteiger partial charge < -0.3 is 9.47 Å². The third kappa shape index (κ3) is 5.93. The molecule has 0 unspecified atom stereocenters. The van der Waals surface area contributed by atoms with Gasteiger partial charge >= 0.3 is 5.97 Å². The summed E-state index contributed by atoms with van der Waals surface area (Å²) in [6.07, 6.45) is 6.16. The lowest BCUT2D eigenvalue weighted by Crippen LogP contribution is -2.05. The molecular formula is C25H19ClO4. The Bertz CT molecular complexity index is 1080. The van der Waals surface area contributed by atoms with Crippen molar-refractivity contribution >= 4 is 35.5 Å². The normalized spacial score (nSPS) is 11.0. The van der Waals surface area contributed by atoms with Gasteiger partial charge in [0.1, 0.15) is 0 Å². The van der Waals surface area contributed by atoms with Crippen molar-refractivity contribution in [2.45, 2.75) is 0 Å². The highest BCUT2D eigenvalue weighted by Gasteiger charge is 2.09. The smallest absolute Gasteiger partial charge is 0.336 e. The molecule has 0 amide bonds. The number of rotatable bonds is 7. The molecule has 0 aliphatic carbocycles. The first-order chi connectivity index (χ1) is 14.5. The third-order valence-electron chi connectivity index (χ3n) is 4.17. The molecule has 0 radical (unpaired) electrons. The largest absolute Gasteiger partial charge is 0.493 e. The molecule has 0 aromatic heterocycles. The molecule has 3 aromatic rings. The van der Waals surface area contributed by atoms with E-state index in [4.69, 9.17) is 21.1 Å². The molecule has 0 aliphatic heterocycles. The van der Waals surface area contributed by atoms with Crippen molar-refractivity contribution in [3.8, 4) is 11.5 Å². The fourth-order valence-electron chi connectivity index (χ4n) is 2.63. The molecule has 0 spiro atoms. The summed E-state index contributed by atoms with van der Waals surface area (Å²) < 4.78 is 10.7. The van der Waals surface area contributed by atoms with Gasteiger partial charge in [0.05, 0.1) is 7.11 Å². The monoisotopic (exact) mass is 418 g/mol. The molecule has 0 fully saturated rings. The summed E-state index contributed by atoms with van der Waals surface area (Å²) >= 11 is 5.84. The average molecular weight is 419 g/mol. The zero-order valence-corrected chi connectivity index (χ0v) is 17.0. The number of carbonyl (C=O) groups is 2. The molecule has 5 heteroatoms. The Balaban J connectivity index is 1.68. The van der Waals surface area contributed by atoms with Crippen LogP contribution >= 0.6 is 11.6 Å². The van der Waals surface area contributed by atoms with E-state index in [1.54, 1.807) is 54.6 Å². The number of carbonyl (C=O) groups excluding carboxylic acids is 2. The number of hydrogen-bond donors (Lipinski definition) is 0. The number of esters is 1. The zero-order chi connectivity index (χ0) is 21.3. The molecule has 3 aromatic carbocycles. The van der Waals surface area contributed by atoms with Crippen molar-refractivity contribution in [3.63, 3.8) is 0 Å². The number of methoxy groups -OCH3 is 1. The van der Waals surface area contributed by atoms with E-state index in [9.17, 15) is 9.59 Å². The maximum absolute atomic E-state index is 12.2. The van der Waals surface area contributed by atoms with Crippen LogP contribution in [0.3, 0.4) is 0 Å². The lowest BCUT2D eigenvalue weighted by Gasteiger charge is -2.08. The van der Waals surface area contributed by atoms with Crippen molar-refractivity contribution in [1.82, 2.24) is 0 Å². The summed E-state index contributed by atoms with van der Waals surface area (Å²) in [6.45, 7) is 0. The van der Waals surface area contributed by atoms with E-state index in [1.807, 2.05) is 30.3 Å². The maximum Gasteiger partial charge on any atom is 0.336 e. The number of ketones is 1. The van der Waals surface area contributed by atoms with E-state index < -0.39 is 5.97 Å². The maximum atomic E-state index is 12.2. The molecular weight excluding hydrogens is 400 g/mol. The summed E-state index contributed by atoms with van der Waals surface area (Å²) in [6, 6.07) is 21.2. The number of benzene rings is 3. The minimum absolute atomic E-state index is 0.146. The van der Waals surface area contributed by atoms with Gasteiger partial charge in [-0.15, -0.1) is 0 Å². The summed E-state index contributed by atoms with van der Waals surface area (Å²) in [5.41, 5.74) is 2.17. The van der Waals surface area contributed by atoms with Gasteiger partial charge in [-0.05, 0) is 59.7 Å². The van der Waals surface area contributed by atoms with Crippen LogP contribution < -0.4 is 9.47 Å². The Kier molecular flexibility index (Phi) is 7.19. The first-order valence-electron chi connectivity index (χ1n) is 9.16. The van der Waals surface area contributed by atoms with Crippen LogP contribution in [-0.2, 0) is 4.79 Å². The third-order valence-corrected chi connectivity index (χ3v) is 4.42. The van der Waals surface area contributed by atoms with Gasteiger partial charge in [-0.2, -0.15) is 0 Å². The molecule has 30 heavy (non-hydrogen) atoms. The van der Waals surface area contributed by atoms with E-state index in [0.717, 1.165) is 11.1 Å². The second kappa shape index (κ2) is 10.2. The van der Waals surface area contributed by atoms with E-state index in [1.165, 1.54) is 19.3 Å². The Morgan fingerprint density at radius 2 is 1.50 bits per heavy atom. The van der Waals surface area contributed by atoms with Gasteiger partial charge in [0.2, 0.25) is 0 Å². The molecule has 0 atom stereocenters. The fraction of sp³-hybridized carbons (Fsp3) is 0.0400. The van der Waals surface area contributed by atoms with Crippen molar-refractivity contribution < 1.29 is 19.1 Å². The quantitative estimate of drug-likeness (QED) is 0.208. The van der Waals surface area contributed by atoms with Crippen LogP contribution in [0.2, 0.25) is 5.02 Å². The van der Waals surface area contributed by atoms with E-state index in [0.29, 0.717) is 22.1 Å². The van der Waals surface area contributed by atoms with Gasteiger partial charge in [-0.25, -0.2) is 4.79 Å². The summed E-state index contributed by atoms with van der Waals surface area (Å²) in [5, 5.41) is 0.573. The molecule has 0 saturated heterocycles. The topological polar surface area (TPSA) is 52.6 Å². The minimum atomic E-state index is -0.515. The van der Waals surface area contributed by atoms with Crippen LogP contribution in [0.25, 0.3) is 12.2 Å². The highest BCUT2D eigenvalue weighted by atomic mass is 35.5. The number of allylic oxidation sites excluding steroid dienone is 1. The van der Waals surface area contributed by atoms with Crippen molar-refractivity contribution in [2.75, 3.05) is 7.11 Å². The molecule has 150 valence electrons. The zero-order valence-electron chi connectivity index (χ0n) is 16.2. The van der Waals surface area contributed by atoms with Crippen LogP contribution in [0.15, 0.2) is 84.9 Å². The number of halogens is 1. The first-order valence-corrected chi connectivity index (χ1v) is 9.54. The molecule has 3 rings (SSSR count). The SMILES string of the molecule is COc1cc(/C=C/C(=O)c2ccc(Cl)cc2)ccc1OC(=O)/C=C/c1ccccc1. The predicted octanol–water partition coefficient (Wildman–Crippen LogP) is 5.86. The Hall–Kier alpha value is -3.63. The van der Waals surface area contributed by atoms with Gasteiger partial charge in [0.25, 0.3) is 0 Å². The summed E-state index contributed by atoms with van der Waals surface area (Å²) in [7, 11) is 1.48. The number of hydrogen-bond acceptors (Lipinski definition) is 4. The lowest BCUT2D eigenvalue weighted by molar-refractivity contribution is -0.129. The second-order valence-electron chi connectivity index (χ2n) is 6.28.